The predicted octanol–water partition coefficient (Wildman–Crippen LogP) is 3.50. The van der Waals surface area contributed by atoms with Crippen LogP contribution in [0.15, 0.2) is 14.3 Å². The molecule has 1 aromatic heterocycles. The van der Waals surface area contributed by atoms with Crippen molar-refractivity contribution < 1.29 is 14.7 Å². The van der Waals surface area contributed by atoms with E-state index in [4.69, 9.17) is 5.11 Å². The number of thiophene rings is 1. The van der Waals surface area contributed by atoms with Gasteiger partial charge in [-0.2, -0.15) is 0 Å². The molecule has 0 aliphatic heterocycles. The van der Waals surface area contributed by atoms with E-state index in [2.05, 4.69) is 37.2 Å². The van der Waals surface area contributed by atoms with E-state index in [1.54, 1.807) is 13.0 Å². The Kier molecular flexibility index (Phi) is 5.81. The predicted molar refractivity (Wildman–Crippen MR) is 78.1 cm³/mol. The molecule has 7 heteroatoms. The van der Waals surface area contributed by atoms with Crippen molar-refractivity contribution in [2.24, 2.45) is 5.92 Å². The van der Waals surface area contributed by atoms with Crippen LogP contribution < -0.4 is 5.32 Å². The van der Waals surface area contributed by atoms with Crippen molar-refractivity contribution in [1.82, 2.24) is 5.32 Å². The molecule has 0 aliphatic rings. The van der Waals surface area contributed by atoms with E-state index in [1.807, 2.05) is 6.92 Å². The minimum atomic E-state index is -1.01. The second kappa shape index (κ2) is 6.68. The quantitative estimate of drug-likeness (QED) is 0.797. The van der Waals surface area contributed by atoms with Gasteiger partial charge in [-0.05, 0) is 43.8 Å². The molecule has 1 aromatic rings. The Hall–Kier alpha value is -0.400. The lowest BCUT2D eigenvalue weighted by Gasteiger charge is -2.19. The molecule has 1 rings (SSSR count). The van der Waals surface area contributed by atoms with Crippen molar-refractivity contribution in [3.8, 4) is 0 Å². The molecule has 2 N–H and O–H groups in total. The van der Waals surface area contributed by atoms with Gasteiger partial charge in [-0.25, -0.2) is 4.79 Å². The number of hydrogen-bond donors (Lipinski definition) is 2. The monoisotopic (exact) mass is 397 g/mol. The highest BCUT2D eigenvalue weighted by Crippen LogP contribution is 2.32. The smallest absolute Gasteiger partial charge is 0.326 e. The van der Waals surface area contributed by atoms with Crippen molar-refractivity contribution in [1.29, 1.82) is 0 Å². The molecule has 0 saturated carbocycles. The number of carbonyl (C=O) groups excluding carboxylic acids is 1. The minimum Gasteiger partial charge on any atom is -0.480 e. The second-order valence-electron chi connectivity index (χ2n) is 3.91. The van der Waals surface area contributed by atoms with Gasteiger partial charge in [-0.15, -0.1) is 11.3 Å². The first kappa shape index (κ1) is 15.7. The Morgan fingerprint density at radius 1 is 1.50 bits per heavy atom. The normalized spacial score (nSPS) is 14.0. The van der Waals surface area contributed by atoms with E-state index >= 15 is 0 Å². The number of carbonyl (C=O) groups is 2. The van der Waals surface area contributed by atoms with Crippen molar-refractivity contribution in [2.45, 2.75) is 26.3 Å². The van der Waals surface area contributed by atoms with Crippen LogP contribution in [0.4, 0.5) is 0 Å². The Bertz CT molecular complexity index is 442. The van der Waals surface area contributed by atoms with E-state index in [0.29, 0.717) is 11.3 Å². The van der Waals surface area contributed by atoms with Gasteiger partial charge in [0.15, 0.2) is 0 Å². The van der Waals surface area contributed by atoms with Crippen LogP contribution >= 0.6 is 43.2 Å². The number of nitrogens with one attached hydrogen (secondary N) is 1. The van der Waals surface area contributed by atoms with E-state index < -0.39 is 12.0 Å². The molecule has 0 saturated heterocycles. The van der Waals surface area contributed by atoms with Gasteiger partial charge in [-0.1, -0.05) is 20.3 Å². The lowest BCUT2D eigenvalue weighted by atomic mass is 9.99. The van der Waals surface area contributed by atoms with Crippen LogP contribution in [0.25, 0.3) is 0 Å². The summed E-state index contributed by atoms with van der Waals surface area (Å²) >= 11 is 7.85. The van der Waals surface area contributed by atoms with Crippen LogP contribution in [-0.2, 0) is 4.79 Å². The molecule has 100 valence electrons. The van der Waals surface area contributed by atoms with Gasteiger partial charge < -0.3 is 10.4 Å². The summed E-state index contributed by atoms with van der Waals surface area (Å²) in [6, 6.07) is 0.807. The number of halogens is 2. The maximum atomic E-state index is 11.9. The van der Waals surface area contributed by atoms with Gasteiger partial charge in [-0.3, -0.25) is 4.79 Å². The first-order chi connectivity index (χ1) is 8.36. The Balaban J connectivity index is 2.81. The standard InChI is InChI=1S/C11H13Br2NO3S/c1-3-5(2)8(11(16)17)14-10(15)7-4-6(12)9(13)18-7/h4-5,8H,3H2,1-2H3,(H,14,15)(H,16,17)/t5?,8-/m0/s1. The van der Waals surface area contributed by atoms with Crippen LogP contribution in [0.1, 0.15) is 29.9 Å². The SMILES string of the molecule is CCC(C)[C@H](NC(=O)c1cc(Br)c(Br)s1)C(=O)O. The summed E-state index contributed by atoms with van der Waals surface area (Å²) in [6.45, 7) is 3.70. The number of amides is 1. The third kappa shape index (κ3) is 3.80. The van der Waals surface area contributed by atoms with Gasteiger partial charge in [0.2, 0.25) is 0 Å². The molecule has 4 nitrogen and oxygen atoms in total. The molecular formula is C11H13Br2NO3S. The number of aliphatic carboxylic acids is 1. The average molecular weight is 399 g/mol. The van der Waals surface area contributed by atoms with Crippen LogP contribution in [0.2, 0.25) is 0 Å². The molecule has 1 amide bonds. The zero-order valence-corrected chi connectivity index (χ0v) is 13.9. The number of rotatable bonds is 5. The van der Waals surface area contributed by atoms with Gasteiger partial charge in [0, 0.05) is 4.47 Å². The molecule has 0 bridgehead atoms. The first-order valence-electron chi connectivity index (χ1n) is 5.35. The van der Waals surface area contributed by atoms with Gasteiger partial charge in [0.25, 0.3) is 5.91 Å². The molecule has 0 aliphatic carbocycles. The highest BCUT2D eigenvalue weighted by atomic mass is 79.9. The summed E-state index contributed by atoms with van der Waals surface area (Å²) < 4.78 is 1.59. The number of hydrogen-bond acceptors (Lipinski definition) is 3. The maximum absolute atomic E-state index is 11.9. The lowest BCUT2D eigenvalue weighted by molar-refractivity contribution is -0.140. The minimum absolute atomic E-state index is 0.113. The summed E-state index contributed by atoms with van der Waals surface area (Å²) in [5.74, 6) is -1.48. The summed E-state index contributed by atoms with van der Waals surface area (Å²) in [7, 11) is 0. The Morgan fingerprint density at radius 3 is 2.50 bits per heavy atom. The summed E-state index contributed by atoms with van der Waals surface area (Å²) in [4.78, 5) is 23.5. The average Bonchev–Trinajstić information content (AvgIpc) is 2.65. The Morgan fingerprint density at radius 2 is 2.11 bits per heavy atom. The Labute approximate surface area is 126 Å². The zero-order chi connectivity index (χ0) is 13.9. The second-order valence-corrected chi connectivity index (χ2v) is 7.13. The largest absolute Gasteiger partial charge is 0.480 e. The van der Waals surface area contributed by atoms with Crippen LogP contribution in [0.5, 0.6) is 0 Å². The fraction of sp³-hybridized carbons (Fsp3) is 0.455. The fourth-order valence-corrected chi connectivity index (χ4v) is 3.29. The molecule has 1 heterocycles. The molecular weight excluding hydrogens is 386 g/mol. The van der Waals surface area contributed by atoms with Crippen molar-refractivity contribution >= 4 is 55.1 Å². The lowest BCUT2D eigenvalue weighted by Crippen LogP contribution is -2.44. The topological polar surface area (TPSA) is 66.4 Å². The number of carboxylic acid groups (broad SMARTS) is 1. The molecule has 0 aromatic carbocycles. The maximum Gasteiger partial charge on any atom is 0.326 e. The highest BCUT2D eigenvalue weighted by Gasteiger charge is 2.26. The highest BCUT2D eigenvalue weighted by molar-refractivity contribution is 9.13. The molecule has 0 radical (unpaired) electrons. The molecule has 18 heavy (non-hydrogen) atoms. The zero-order valence-electron chi connectivity index (χ0n) is 9.87. The molecule has 0 fully saturated rings. The van der Waals surface area contributed by atoms with Crippen molar-refractivity contribution in [3.63, 3.8) is 0 Å². The van der Waals surface area contributed by atoms with Gasteiger partial charge in [0.05, 0.1) is 8.66 Å². The van der Waals surface area contributed by atoms with Crippen LogP contribution in [-0.4, -0.2) is 23.0 Å². The van der Waals surface area contributed by atoms with E-state index in [-0.39, 0.29) is 11.8 Å². The van der Waals surface area contributed by atoms with Crippen molar-refractivity contribution in [3.05, 3.63) is 19.2 Å². The third-order valence-corrected chi connectivity index (χ3v) is 5.89. The molecule has 1 unspecified atom stereocenters. The summed E-state index contributed by atoms with van der Waals surface area (Å²) in [6.07, 6.45) is 0.690. The third-order valence-electron chi connectivity index (χ3n) is 2.63. The van der Waals surface area contributed by atoms with Gasteiger partial charge in [0.1, 0.15) is 6.04 Å². The van der Waals surface area contributed by atoms with E-state index in [0.717, 1.165) is 8.26 Å². The first-order valence-corrected chi connectivity index (χ1v) is 7.75. The molecule has 0 spiro atoms. The summed E-state index contributed by atoms with van der Waals surface area (Å²) in [5, 5.41) is 11.7. The van der Waals surface area contributed by atoms with Crippen LogP contribution in [0, 0.1) is 5.92 Å². The molecule has 2 atom stereocenters. The fourth-order valence-electron chi connectivity index (χ4n) is 1.35. The number of carboxylic acids is 1. The summed E-state index contributed by atoms with van der Waals surface area (Å²) in [5.41, 5.74) is 0. The van der Waals surface area contributed by atoms with Crippen LogP contribution in [0.3, 0.4) is 0 Å². The van der Waals surface area contributed by atoms with E-state index in [1.165, 1.54) is 11.3 Å². The van der Waals surface area contributed by atoms with E-state index in [9.17, 15) is 9.59 Å². The van der Waals surface area contributed by atoms with Crippen molar-refractivity contribution in [2.75, 3.05) is 0 Å². The van der Waals surface area contributed by atoms with Gasteiger partial charge >= 0.3 is 5.97 Å².